The number of benzene rings is 1. The molecule has 0 aliphatic rings. The molecule has 1 heterocycles. The third-order valence-corrected chi connectivity index (χ3v) is 3.83. The summed E-state index contributed by atoms with van der Waals surface area (Å²) in [6, 6.07) is 10.8. The van der Waals surface area contributed by atoms with Gasteiger partial charge in [0.15, 0.2) is 0 Å². The predicted octanol–water partition coefficient (Wildman–Crippen LogP) is 4.07. The van der Waals surface area contributed by atoms with Crippen LogP contribution in [0.25, 0.3) is 0 Å². The van der Waals surface area contributed by atoms with E-state index in [1.165, 1.54) is 15.6 Å². The van der Waals surface area contributed by atoms with E-state index >= 15 is 0 Å². The minimum atomic E-state index is 0.399. The topological polar surface area (TPSA) is 25.2 Å². The maximum atomic E-state index is 5.34. The van der Waals surface area contributed by atoms with Crippen LogP contribution >= 0.6 is 15.9 Å². The fourth-order valence-corrected chi connectivity index (χ4v) is 2.27. The van der Waals surface area contributed by atoms with Gasteiger partial charge in [-0.25, -0.2) is 0 Å². The van der Waals surface area contributed by atoms with Gasteiger partial charge in [0.05, 0.1) is 6.26 Å². The summed E-state index contributed by atoms with van der Waals surface area (Å²) < 4.78 is 6.51. The van der Waals surface area contributed by atoms with Crippen LogP contribution in [-0.4, -0.2) is 6.04 Å². The first-order valence-corrected chi connectivity index (χ1v) is 6.95. The first-order valence-electron chi connectivity index (χ1n) is 6.16. The number of hydrogen-bond acceptors (Lipinski definition) is 2. The van der Waals surface area contributed by atoms with Crippen molar-refractivity contribution in [3.05, 3.63) is 58.0 Å². The molecule has 1 aromatic carbocycles. The zero-order valence-corrected chi connectivity index (χ0v) is 12.3. The van der Waals surface area contributed by atoms with Gasteiger partial charge in [-0.05, 0) is 43.2 Å². The van der Waals surface area contributed by atoms with E-state index in [2.05, 4.69) is 53.3 Å². The predicted molar refractivity (Wildman–Crippen MR) is 77.6 cm³/mol. The van der Waals surface area contributed by atoms with Crippen molar-refractivity contribution in [1.82, 2.24) is 5.32 Å². The van der Waals surface area contributed by atoms with Gasteiger partial charge in [-0.15, -0.1) is 0 Å². The van der Waals surface area contributed by atoms with E-state index < -0.39 is 0 Å². The minimum absolute atomic E-state index is 0.399. The minimum Gasteiger partial charge on any atom is -0.469 e. The van der Waals surface area contributed by atoms with Gasteiger partial charge in [-0.1, -0.05) is 28.1 Å². The van der Waals surface area contributed by atoms with Crippen molar-refractivity contribution in [3.63, 3.8) is 0 Å². The molecule has 0 aliphatic heterocycles. The van der Waals surface area contributed by atoms with E-state index in [1.54, 1.807) is 6.26 Å². The second-order valence-electron chi connectivity index (χ2n) is 4.65. The molecule has 0 amide bonds. The van der Waals surface area contributed by atoms with E-state index in [-0.39, 0.29) is 0 Å². The average molecular weight is 308 g/mol. The van der Waals surface area contributed by atoms with Crippen molar-refractivity contribution < 1.29 is 4.42 Å². The normalized spacial score (nSPS) is 12.6. The van der Waals surface area contributed by atoms with Crippen molar-refractivity contribution in [2.45, 2.75) is 32.9 Å². The van der Waals surface area contributed by atoms with Crippen LogP contribution < -0.4 is 5.32 Å². The van der Waals surface area contributed by atoms with Crippen molar-refractivity contribution in [2.75, 3.05) is 0 Å². The molecular weight excluding hydrogens is 290 g/mol. The highest BCUT2D eigenvalue weighted by Gasteiger charge is 2.05. The highest BCUT2D eigenvalue weighted by atomic mass is 79.9. The molecule has 0 spiro atoms. The Morgan fingerprint density at radius 3 is 2.83 bits per heavy atom. The lowest BCUT2D eigenvalue weighted by Crippen LogP contribution is -2.27. The molecule has 2 aromatic rings. The Morgan fingerprint density at radius 1 is 1.33 bits per heavy atom. The Hall–Kier alpha value is -1.06. The van der Waals surface area contributed by atoms with Gasteiger partial charge in [0.2, 0.25) is 0 Å². The second-order valence-corrected chi connectivity index (χ2v) is 5.50. The average Bonchev–Trinajstić information content (AvgIpc) is 2.83. The smallest absolute Gasteiger partial charge is 0.105 e. The molecular formula is C15H18BrNO. The molecule has 0 saturated carbocycles. The summed E-state index contributed by atoms with van der Waals surface area (Å²) in [5.74, 6) is 1.03. The third kappa shape index (κ3) is 3.72. The molecule has 0 fully saturated rings. The quantitative estimate of drug-likeness (QED) is 0.900. The van der Waals surface area contributed by atoms with E-state index in [4.69, 9.17) is 4.42 Å². The highest BCUT2D eigenvalue weighted by molar-refractivity contribution is 9.10. The van der Waals surface area contributed by atoms with Crippen LogP contribution in [0.1, 0.15) is 23.8 Å². The molecule has 0 bridgehead atoms. The zero-order chi connectivity index (χ0) is 13.0. The molecule has 2 rings (SSSR count). The molecule has 2 nitrogen and oxygen atoms in total. The summed E-state index contributed by atoms with van der Waals surface area (Å²) in [5.41, 5.74) is 2.56. The van der Waals surface area contributed by atoms with Gasteiger partial charge < -0.3 is 9.73 Å². The van der Waals surface area contributed by atoms with Crippen LogP contribution in [0.5, 0.6) is 0 Å². The molecule has 1 atom stereocenters. The maximum Gasteiger partial charge on any atom is 0.105 e. The first-order chi connectivity index (χ1) is 8.65. The fraction of sp³-hybridized carbons (Fsp3) is 0.333. The van der Waals surface area contributed by atoms with Gasteiger partial charge in [-0.2, -0.15) is 0 Å². The summed E-state index contributed by atoms with van der Waals surface area (Å²) in [6.45, 7) is 5.15. The molecule has 0 radical (unpaired) electrons. The zero-order valence-electron chi connectivity index (χ0n) is 10.7. The lowest BCUT2D eigenvalue weighted by atomic mass is 10.1. The molecule has 0 saturated heterocycles. The summed E-state index contributed by atoms with van der Waals surface area (Å²) in [6.07, 6.45) is 2.64. The van der Waals surface area contributed by atoms with Crippen LogP contribution in [0.3, 0.4) is 0 Å². The third-order valence-electron chi connectivity index (χ3n) is 2.98. The van der Waals surface area contributed by atoms with Crippen LogP contribution in [0.15, 0.2) is 45.5 Å². The Labute approximate surface area is 117 Å². The number of hydrogen-bond donors (Lipinski definition) is 1. The van der Waals surface area contributed by atoms with E-state index in [0.717, 1.165) is 18.7 Å². The molecule has 3 heteroatoms. The van der Waals surface area contributed by atoms with Crippen molar-refractivity contribution >= 4 is 15.9 Å². The molecule has 1 unspecified atom stereocenters. The van der Waals surface area contributed by atoms with Crippen LogP contribution in [0.4, 0.5) is 0 Å². The summed E-state index contributed by atoms with van der Waals surface area (Å²) in [7, 11) is 0. The molecule has 96 valence electrons. The number of rotatable bonds is 5. The van der Waals surface area contributed by atoms with Crippen molar-refractivity contribution in [2.24, 2.45) is 0 Å². The number of halogens is 1. The van der Waals surface area contributed by atoms with Gasteiger partial charge in [0, 0.05) is 23.5 Å². The Morgan fingerprint density at radius 2 is 2.17 bits per heavy atom. The van der Waals surface area contributed by atoms with Crippen LogP contribution in [0, 0.1) is 6.92 Å². The van der Waals surface area contributed by atoms with Crippen molar-refractivity contribution in [3.8, 4) is 0 Å². The van der Waals surface area contributed by atoms with E-state index in [0.29, 0.717) is 6.04 Å². The molecule has 1 aromatic heterocycles. The lowest BCUT2D eigenvalue weighted by molar-refractivity contribution is 0.456. The van der Waals surface area contributed by atoms with Gasteiger partial charge in [0.25, 0.3) is 0 Å². The standard InChI is InChI=1S/C15H18BrNO/c1-11-5-6-13(9-15(11)16)10-17-12(2)8-14-4-3-7-18-14/h3-7,9,12,17H,8,10H2,1-2H3. The molecule has 1 N–H and O–H groups in total. The SMILES string of the molecule is Cc1ccc(CNC(C)Cc2ccco2)cc1Br. The fourth-order valence-electron chi connectivity index (χ4n) is 1.84. The maximum absolute atomic E-state index is 5.34. The Bertz CT molecular complexity index is 493. The van der Waals surface area contributed by atoms with Gasteiger partial charge >= 0.3 is 0 Å². The second kappa shape index (κ2) is 6.21. The Balaban J connectivity index is 1.85. The number of aryl methyl sites for hydroxylation is 1. The largest absolute Gasteiger partial charge is 0.469 e. The first kappa shape index (κ1) is 13.4. The van der Waals surface area contributed by atoms with Crippen LogP contribution in [0.2, 0.25) is 0 Å². The lowest BCUT2D eigenvalue weighted by Gasteiger charge is -2.13. The highest BCUT2D eigenvalue weighted by Crippen LogP contribution is 2.17. The van der Waals surface area contributed by atoms with E-state index in [9.17, 15) is 0 Å². The number of nitrogens with one attached hydrogen (secondary N) is 1. The monoisotopic (exact) mass is 307 g/mol. The summed E-state index contributed by atoms with van der Waals surface area (Å²) >= 11 is 3.56. The molecule has 0 aliphatic carbocycles. The number of furan rings is 1. The van der Waals surface area contributed by atoms with E-state index in [1.807, 2.05) is 12.1 Å². The van der Waals surface area contributed by atoms with Crippen LogP contribution in [-0.2, 0) is 13.0 Å². The Kier molecular flexibility index (Phi) is 4.61. The molecule has 18 heavy (non-hydrogen) atoms. The summed E-state index contributed by atoms with van der Waals surface area (Å²) in [4.78, 5) is 0. The van der Waals surface area contributed by atoms with Crippen molar-refractivity contribution in [1.29, 1.82) is 0 Å². The summed E-state index contributed by atoms with van der Waals surface area (Å²) in [5, 5.41) is 3.50. The van der Waals surface area contributed by atoms with Gasteiger partial charge in [-0.3, -0.25) is 0 Å². The van der Waals surface area contributed by atoms with Gasteiger partial charge in [0.1, 0.15) is 5.76 Å².